The van der Waals surface area contributed by atoms with Crippen LogP contribution in [-0.4, -0.2) is 69.6 Å². The van der Waals surface area contributed by atoms with E-state index in [0.717, 1.165) is 10.5 Å². The predicted molar refractivity (Wildman–Crippen MR) is 179 cm³/mol. The summed E-state index contributed by atoms with van der Waals surface area (Å²) in [7, 11) is 0. The molecular weight excluding hydrogens is 614 g/mol. The fourth-order valence-corrected chi connectivity index (χ4v) is 4.83. The van der Waals surface area contributed by atoms with Gasteiger partial charge in [0.15, 0.2) is 0 Å². The second-order valence-electron chi connectivity index (χ2n) is 12.6. The number of benzene rings is 3. The Morgan fingerprint density at radius 3 is 1.75 bits per heavy atom. The van der Waals surface area contributed by atoms with Crippen molar-refractivity contribution in [2.24, 2.45) is 0 Å². The number of carbonyl (C=O) groups is 5. The molecule has 3 aromatic rings. The summed E-state index contributed by atoms with van der Waals surface area (Å²) in [4.78, 5) is 68.9. The fourth-order valence-electron chi connectivity index (χ4n) is 4.83. The second-order valence-corrected chi connectivity index (χ2v) is 12.6. The molecule has 0 saturated heterocycles. The lowest BCUT2D eigenvalue weighted by Gasteiger charge is -2.33. The van der Waals surface area contributed by atoms with Crippen molar-refractivity contribution >= 4 is 29.8 Å². The number of hydrogen-bond acceptors (Lipinski definition) is 8. The maximum atomic E-state index is 14.5. The highest BCUT2D eigenvalue weighted by Gasteiger charge is 2.40. The zero-order valence-corrected chi connectivity index (χ0v) is 28.1. The van der Waals surface area contributed by atoms with Crippen molar-refractivity contribution in [2.45, 2.75) is 90.3 Å². The van der Waals surface area contributed by atoms with Crippen LogP contribution < -0.4 is 10.6 Å². The predicted octanol–water partition coefficient (Wildman–Crippen LogP) is 4.11. The van der Waals surface area contributed by atoms with Crippen molar-refractivity contribution in [3.63, 3.8) is 0 Å². The van der Waals surface area contributed by atoms with Crippen LogP contribution in [-0.2, 0) is 48.1 Å². The molecule has 3 rings (SSSR count). The van der Waals surface area contributed by atoms with E-state index in [-0.39, 0.29) is 19.4 Å². The lowest BCUT2D eigenvalue weighted by atomic mass is 9.99. The third kappa shape index (κ3) is 12.3. The summed E-state index contributed by atoms with van der Waals surface area (Å²) < 4.78 is 10.8. The summed E-state index contributed by atoms with van der Waals surface area (Å²) >= 11 is 0. The van der Waals surface area contributed by atoms with Crippen LogP contribution in [0.5, 0.6) is 0 Å². The fraction of sp³-hybridized carbons (Fsp3) is 0.378. The van der Waals surface area contributed by atoms with Crippen molar-refractivity contribution in [3.05, 3.63) is 108 Å². The van der Waals surface area contributed by atoms with Crippen LogP contribution in [0.3, 0.4) is 0 Å². The van der Waals surface area contributed by atoms with Gasteiger partial charge in [0.1, 0.15) is 30.3 Å². The Kier molecular flexibility index (Phi) is 13.9. The minimum atomic E-state index is -1.46. The Bertz CT molecular complexity index is 1510. The quantitative estimate of drug-likeness (QED) is 0.219. The van der Waals surface area contributed by atoms with Crippen molar-refractivity contribution in [1.29, 1.82) is 0 Å². The molecule has 256 valence electrons. The standard InChI is InChI=1S/C37H45N3O8/c1-25(41)21-32(42)40(34(44)30(22-27-15-9-6-10-16-27)39-36(46)48-37(3,4)5)31(23-28-17-11-7-12-18-28)33(43)38-26(2)35(45)47-24-29-19-13-8-14-20-29/h6-20,25-26,30-31,41H,21-24H2,1-5H3,(H,38,43)(H,39,46)/t25-,26-,30-,31-/m1/s1. The number of carbonyl (C=O) groups excluding carboxylic acids is 5. The molecule has 0 saturated carbocycles. The van der Waals surface area contributed by atoms with Gasteiger partial charge in [-0.05, 0) is 51.3 Å². The molecule has 0 unspecified atom stereocenters. The van der Waals surface area contributed by atoms with Crippen molar-refractivity contribution in [3.8, 4) is 0 Å². The summed E-state index contributed by atoms with van der Waals surface area (Å²) in [5, 5.41) is 15.4. The number of amides is 4. The lowest BCUT2D eigenvalue weighted by Crippen LogP contribution is -2.60. The van der Waals surface area contributed by atoms with E-state index in [1.807, 2.05) is 6.07 Å². The van der Waals surface area contributed by atoms with E-state index < -0.39 is 66.0 Å². The van der Waals surface area contributed by atoms with Crippen LogP contribution in [0.25, 0.3) is 0 Å². The summed E-state index contributed by atoms with van der Waals surface area (Å²) in [5.74, 6) is -3.24. The van der Waals surface area contributed by atoms with Crippen molar-refractivity contribution in [1.82, 2.24) is 15.5 Å². The molecule has 0 fully saturated rings. The third-order valence-corrected chi connectivity index (χ3v) is 7.07. The maximum Gasteiger partial charge on any atom is 0.408 e. The highest BCUT2D eigenvalue weighted by Crippen LogP contribution is 2.18. The number of aliphatic hydroxyl groups is 1. The molecule has 3 N–H and O–H groups in total. The Labute approximate surface area is 281 Å². The SMILES string of the molecule is C[C@@H](O)CC(=O)N(C(=O)[C@@H](Cc1ccccc1)NC(=O)OC(C)(C)C)[C@H](Cc1ccccc1)C(=O)N[C@H](C)C(=O)OCc1ccccc1. The molecule has 0 aliphatic carbocycles. The Morgan fingerprint density at radius 2 is 1.25 bits per heavy atom. The van der Waals surface area contributed by atoms with Gasteiger partial charge in [0.2, 0.25) is 11.8 Å². The lowest BCUT2D eigenvalue weighted by molar-refractivity contribution is -0.155. The van der Waals surface area contributed by atoms with Crippen LogP contribution in [0.4, 0.5) is 4.79 Å². The monoisotopic (exact) mass is 659 g/mol. The van der Waals surface area contributed by atoms with Crippen molar-refractivity contribution in [2.75, 3.05) is 0 Å². The van der Waals surface area contributed by atoms with Gasteiger partial charge in [-0.1, -0.05) is 91.0 Å². The number of rotatable bonds is 14. The largest absolute Gasteiger partial charge is 0.459 e. The molecular formula is C37H45N3O8. The van der Waals surface area contributed by atoms with Gasteiger partial charge < -0.3 is 25.2 Å². The number of aliphatic hydroxyl groups excluding tert-OH is 1. The van der Waals surface area contributed by atoms with E-state index in [9.17, 15) is 29.1 Å². The molecule has 0 radical (unpaired) electrons. The zero-order valence-electron chi connectivity index (χ0n) is 28.1. The molecule has 3 aromatic carbocycles. The summed E-state index contributed by atoms with van der Waals surface area (Å²) in [6.07, 6.45) is -2.66. The Balaban J connectivity index is 1.99. The molecule has 48 heavy (non-hydrogen) atoms. The van der Waals surface area contributed by atoms with Crippen LogP contribution in [0.15, 0.2) is 91.0 Å². The number of nitrogens with zero attached hydrogens (tertiary/aromatic N) is 1. The van der Waals surface area contributed by atoms with Gasteiger partial charge in [0.05, 0.1) is 12.5 Å². The number of ether oxygens (including phenoxy) is 2. The molecule has 4 atom stereocenters. The number of alkyl carbamates (subject to hydrolysis) is 1. The number of imide groups is 1. The van der Waals surface area contributed by atoms with Crippen molar-refractivity contribution < 1.29 is 38.6 Å². The molecule has 0 bridgehead atoms. The van der Waals surface area contributed by atoms with Crippen LogP contribution in [0, 0.1) is 0 Å². The van der Waals surface area contributed by atoms with E-state index >= 15 is 0 Å². The molecule has 4 amide bonds. The molecule has 0 aliphatic heterocycles. The number of hydrogen-bond donors (Lipinski definition) is 3. The first kappa shape index (κ1) is 37.4. The highest BCUT2D eigenvalue weighted by molar-refractivity contribution is 6.04. The maximum absolute atomic E-state index is 14.5. The van der Waals surface area contributed by atoms with E-state index in [1.165, 1.54) is 13.8 Å². The zero-order chi connectivity index (χ0) is 35.3. The number of esters is 1. The van der Waals surface area contributed by atoms with Gasteiger partial charge in [-0.3, -0.25) is 19.3 Å². The van der Waals surface area contributed by atoms with Crippen LogP contribution in [0.1, 0.15) is 57.7 Å². The minimum absolute atomic E-state index is 0.0116. The molecule has 0 aromatic heterocycles. The van der Waals surface area contributed by atoms with E-state index in [4.69, 9.17) is 9.47 Å². The first-order valence-electron chi connectivity index (χ1n) is 15.9. The normalized spacial score (nSPS) is 13.6. The van der Waals surface area contributed by atoms with Crippen LogP contribution >= 0.6 is 0 Å². The summed E-state index contributed by atoms with van der Waals surface area (Å²) in [5.41, 5.74) is 1.18. The molecule has 0 aliphatic rings. The highest BCUT2D eigenvalue weighted by atomic mass is 16.6. The smallest absolute Gasteiger partial charge is 0.408 e. The summed E-state index contributed by atoms with van der Waals surface area (Å²) in [6, 6.07) is 22.7. The molecule has 11 heteroatoms. The van der Waals surface area contributed by atoms with Gasteiger partial charge in [0, 0.05) is 12.8 Å². The van der Waals surface area contributed by atoms with Gasteiger partial charge in [0.25, 0.3) is 5.91 Å². The third-order valence-electron chi connectivity index (χ3n) is 7.07. The molecule has 0 spiro atoms. The van der Waals surface area contributed by atoms with E-state index in [2.05, 4.69) is 10.6 Å². The number of nitrogens with one attached hydrogen (secondary N) is 2. The average molecular weight is 660 g/mol. The van der Waals surface area contributed by atoms with Gasteiger partial charge in [-0.15, -0.1) is 0 Å². The first-order valence-corrected chi connectivity index (χ1v) is 15.9. The molecule has 0 heterocycles. The Hall–Kier alpha value is -5.03. The molecule has 11 nitrogen and oxygen atoms in total. The van der Waals surface area contributed by atoms with Gasteiger partial charge in [-0.2, -0.15) is 0 Å². The summed E-state index contributed by atoms with van der Waals surface area (Å²) in [6.45, 7) is 7.83. The minimum Gasteiger partial charge on any atom is -0.459 e. The average Bonchev–Trinajstić information content (AvgIpc) is 3.03. The van der Waals surface area contributed by atoms with Gasteiger partial charge in [-0.25, -0.2) is 9.59 Å². The van der Waals surface area contributed by atoms with E-state index in [0.29, 0.717) is 11.1 Å². The van der Waals surface area contributed by atoms with Gasteiger partial charge >= 0.3 is 12.1 Å². The van der Waals surface area contributed by atoms with E-state index in [1.54, 1.807) is 106 Å². The topological polar surface area (TPSA) is 151 Å². The first-order chi connectivity index (χ1) is 22.7. The Morgan fingerprint density at radius 1 is 0.750 bits per heavy atom. The van der Waals surface area contributed by atoms with Crippen LogP contribution in [0.2, 0.25) is 0 Å². The second kappa shape index (κ2) is 17.8.